The average Bonchev–Trinajstić information content (AvgIpc) is 3.04. The third-order valence-electron chi connectivity index (χ3n) is 3.31. The lowest BCUT2D eigenvalue weighted by Gasteiger charge is -2.16. The first-order chi connectivity index (χ1) is 9.11. The van der Waals surface area contributed by atoms with Crippen molar-refractivity contribution in [3.05, 3.63) is 23.7 Å². The van der Waals surface area contributed by atoms with Crippen LogP contribution in [-0.2, 0) is 4.74 Å². The van der Waals surface area contributed by atoms with E-state index in [2.05, 4.69) is 12.2 Å². The lowest BCUT2D eigenvalue weighted by Crippen LogP contribution is -2.32. The maximum absolute atomic E-state index is 11.8. The topological polar surface area (TPSA) is 88.8 Å². The van der Waals surface area contributed by atoms with E-state index < -0.39 is 11.9 Å². The summed E-state index contributed by atoms with van der Waals surface area (Å²) < 4.78 is 10.5. The van der Waals surface area contributed by atoms with Gasteiger partial charge in [0.15, 0.2) is 5.76 Å². The normalized spacial score (nSPS) is 22.4. The average molecular weight is 267 g/mol. The molecule has 1 aliphatic heterocycles. The van der Waals surface area contributed by atoms with Crippen LogP contribution in [0.2, 0.25) is 0 Å². The fraction of sp³-hybridized carbons (Fsp3) is 0.538. The molecule has 1 aliphatic rings. The summed E-state index contributed by atoms with van der Waals surface area (Å²) in [5, 5.41) is 11.5. The smallest absolute Gasteiger partial charge is 0.371 e. The predicted octanol–water partition coefficient (Wildman–Crippen LogP) is 1.52. The lowest BCUT2D eigenvalue weighted by molar-refractivity contribution is 0.0659. The molecule has 2 rings (SSSR count). The van der Waals surface area contributed by atoms with Crippen molar-refractivity contribution in [1.29, 1.82) is 0 Å². The van der Waals surface area contributed by atoms with Gasteiger partial charge < -0.3 is 19.6 Å². The highest BCUT2D eigenvalue weighted by molar-refractivity contribution is 5.93. The van der Waals surface area contributed by atoms with Crippen molar-refractivity contribution in [2.75, 3.05) is 13.2 Å². The standard InChI is InChI=1S/C13H17NO5/c1-2-9-8(5-6-18-9)7-14-12(15)10-3-4-11(19-10)13(16)17/h3-4,8-9H,2,5-7H2,1H3,(H,14,15)(H,16,17). The molecular weight excluding hydrogens is 250 g/mol. The minimum absolute atomic E-state index is 0.0179. The molecule has 1 fully saturated rings. The molecule has 1 amide bonds. The fourth-order valence-electron chi connectivity index (χ4n) is 2.26. The van der Waals surface area contributed by atoms with Crippen LogP contribution in [0.1, 0.15) is 40.9 Å². The van der Waals surface area contributed by atoms with Crippen molar-refractivity contribution in [3.8, 4) is 0 Å². The molecule has 1 saturated heterocycles. The molecule has 2 heterocycles. The molecule has 1 aromatic rings. The monoisotopic (exact) mass is 267 g/mol. The summed E-state index contributed by atoms with van der Waals surface area (Å²) >= 11 is 0. The zero-order valence-electron chi connectivity index (χ0n) is 10.7. The van der Waals surface area contributed by atoms with E-state index in [0.717, 1.165) is 19.4 Å². The Balaban J connectivity index is 1.88. The van der Waals surface area contributed by atoms with Crippen molar-refractivity contribution in [2.24, 2.45) is 5.92 Å². The number of amides is 1. The SMILES string of the molecule is CCC1OCCC1CNC(=O)c1ccc(C(=O)O)o1. The fourth-order valence-corrected chi connectivity index (χ4v) is 2.26. The van der Waals surface area contributed by atoms with Crippen LogP contribution in [-0.4, -0.2) is 36.2 Å². The summed E-state index contributed by atoms with van der Waals surface area (Å²) in [4.78, 5) is 22.4. The Bertz CT molecular complexity index is 467. The van der Waals surface area contributed by atoms with Gasteiger partial charge in [0.2, 0.25) is 5.76 Å². The molecule has 2 N–H and O–H groups in total. The Morgan fingerprint density at radius 2 is 2.16 bits per heavy atom. The molecule has 0 bridgehead atoms. The van der Waals surface area contributed by atoms with Gasteiger partial charge in [-0.05, 0) is 25.0 Å². The van der Waals surface area contributed by atoms with E-state index >= 15 is 0 Å². The predicted molar refractivity (Wildman–Crippen MR) is 66.1 cm³/mol. The van der Waals surface area contributed by atoms with Crippen LogP contribution in [0, 0.1) is 5.92 Å². The highest BCUT2D eigenvalue weighted by Crippen LogP contribution is 2.22. The highest BCUT2D eigenvalue weighted by Gasteiger charge is 2.27. The van der Waals surface area contributed by atoms with Gasteiger partial charge in [0.05, 0.1) is 6.10 Å². The maximum atomic E-state index is 11.8. The minimum atomic E-state index is -1.19. The van der Waals surface area contributed by atoms with Crippen molar-refractivity contribution in [3.63, 3.8) is 0 Å². The first kappa shape index (κ1) is 13.6. The lowest BCUT2D eigenvalue weighted by atomic mass is 10.00. The third kappa shape index (κ3) is 3.14. The molecule has 2 unspecified atom stereocenters. The zero-order chi connectivity index (χ0) is 13.8. The summed E-state index contributed by atoms with van der Waals surface area (Å²) in [5.41, 5.74) is 0. The zero-order valence-corrected chi connectivity index (χ0v) is 10.7. The van der Waals surface area contributed by atoms with Gasteiger partial charge in [-0.2, -0.15) is 0 Å². The first-order valence-electron chi connectivity index (χ1n) is 6.34. The molecule has 6 nitrogen and oxygen atoms in total. The number of carboxylic acids is 1. The molecule has 0 radical (unpaired) electrons. The summed E-state index contributed by atoms with van der Waals surface area (Å²) in [6.07, 6.45) is 2.04. The number of furan rings is 1. The number of hydrogen-bond acceptors (Lipinski definition) is 4. The highest BCUT2D eigenvalue weighted by atomic mass is 16.5. The Morgan fingerprint density at radius 3 is 2.79 bits per heavy atom. The van der Waals surface area contributed by atoms with Crippen molar-refractivity contribution in [1.82, 2.24) is 5.32 Å². The van der Waals surface area contributed by atoms with Crippen molar-refractivity contribution in [2.45, 2.75) is 25.9 Å². The maximum Gasteiger partial charge on any atom is 0.371 e. The van der Waals surface area contributed by atoms with Gasteiger partial charge in [-0.15, -0.1) is 0 Å². The Kier molecular flexibility index (Phi) is 4.21. The second-order valence-electron chi connectivity index (χ2n) is 4.55. The van der Waals surface area contributed by atoms with E-state index in [1.165, 1.54) is 12.1 Å². The van der Waals surface area contributed by atoms with Gasteiger partial charge in [-0.25, -0.2) is 4.79 Å². The quantitative estimate of drug-likeness (QED) is 0.844. The van der Waals surface area contributed by atoms with Gasteiger partial charge in [-0.1, -0.05) is 6.92 Å². The summed E-state index contributed by atoms with van der Waals surface area (Å²) in [6, 6.07) is 2.63. The number of rotatable bonds is 5. The number of carbonyl (C=O) groups is 2. The second-order valence-corrected chi connectivity index (χ2v) is 4.55. The van der Waals surface area contributed by atoms with Gasteiger partial charge in [0.1, 0.15) is 0 Å². The van der Waals surface area contributed by atoms with E-state index in [4.69, 9.17) is 14.3 Å². The Hall–Kier alpha value is -1.82. The van der Waals surface area contributed by atoms with Gasteiger partial charge in [-0.3, -0.25) is 4.79 Å². The van der Waals surface area contributed by atoms with Crippen LogP contribution in [0.3, 0.4) is 0 Å². The molecule has 0 aromatic carbocycles. The largest absolute Gasteiger partial charge is 0.475 e. The molecule has 0 aliphatic carbocycles. The van der Waals surface area contributed by atoms with Gasteiger partial charge in [0.25, 0.3) is 5.91 Å². The first-order valence-corrected chi connectivity index (χ1v) is 6.34. The van der Waals surface area contributed by atoms with E-state index in [1.807, 2.05) is 0 Å². The molecule has 2 atom stereocenters. The van der Waals surface area contributed by atoms with Gasteiger partial charge >= 0.3 is 5.97 Å². The van der Waals surface area contributed by atoms with Crippen molar-refractivity contribution < 1.29 is 23.8 Å². The number of hydrogen-bond donors (Lipinski definition) is 2. The van der Waals surface area contributed by atoms with Crippen LogP contribution in [0.4, 0.5) is 0 Å². The summed E-state index contributed by atoms with van der Waals surface area (Å²) in [6.45, 7) is 3.29. The molecular formula is C13H17NO5. The molecule has 19 heavy (non-hydrogen) atoms. The molecule has 1 aromatic heterocycles. The second kappa shape index (κ2) is 5.88. The molecule has 0 spiro atoms. The Labute approximate surface area is 110 Å². The van der Waals surface area contributed by atoms with Crippen LogP contribution in [0.5, 0.6) is 0 Å². The van der Waals surface area contributed by atoms with E-state index in [0.29, 0.717) is 12.5 Å². The minimum Gasteiger partial charge on any atom is -0.475 e. The van der Waals surface area contributed by atoms with E-state index in [1.54, 1.807) is 0 Å². The van der Waals surface area contributed by atoms with E-state index in [9.17, 15) is 9.59 Å². The number of nitrogens with one attached hydrogen (secondary N) is 1. The van der Waals surface area contributed by atoms with Crippen molar-refractivity contribution >= 4 is 11.9 Å². The number of carbonyl (C=O) groups excluding carboxylic acids is 1. The third-order valence-corrected chi connectivity index (χ3v) is 3.31. The number of carboxylic acid groups (broad SMARTS) is 1. The summed E-state index contributed by atoms with van der Waals surface area (Å²) in [7, 11) is 0. The molecule has 6 heteroatoms. The van der Waals surface area contributed by atoms with Gasteiger partial charge in [0, 0.05) is 19.1 Å². The summed E-state index contributed by atoms with van der Waals surface area (Å²) in [5.74, 6) is -1.49. The molecule has 0 saturated carbocycles. The van der Waals surface area contributed by atoms with Crippen LogP contribution in [0.15, 0.2) is 16.5 Å². The number of aromatic carboxylic acids is 1. The number of ether oxygens (including phenoxy) is 1. The van der Waals surface area contributed by atoms with Crippen LogP contribution < -0.4 is 5.32 Å². The molecule has 104 valence electrons. The van der Waals surface area contributed by atoms with Crippen LogP contribution >= 0.6 is 0 Å². The Morgan fingerprint density at radius 1 is 1.42 bits per heavy atom. The van der Waals surface area contributed by atoms with E-state index in [-0.39, 0.29) is 17.6 Å². The van der Waals surface area contributed by atoms with Crippen LogP contribution in [0.25, 0.3) is 0 Å².